The zero-order valence-corrected chi connectivity index (χ0v) is 12.8. The molecule has 110 valence electrons. The lowest BCUT2D eigenvalue weighted by molar-refractivity contribution is 0.0697. The molecule has 0 saturated carbocycles. The third-order valence-corrected chi connectivity index (χ3v) is 4.15. The lowest BCUT2D eigenvalue weighted by Gasteiger charge is -2.06. The summed E-state index contributed by atoms with van der Waals surface area (Å²) in [6, 6.07) is 15.5. The van der Waals surface area contributed by atoms with Crippen LogP contribution in [0, 0.1) is 0 Å². The van der Waals surface area contributed by atoms with Gasteiger partial charge in [0.1, 0.15) is 0 Å². The van der Waals surface area contributed by atoms with Crippen LogP contribution in [0.3, 0.4) is 0 Å². The standard InChI is InChI=1S/C17H19NO2S/c1-2-18-11-14-4-3-5-16(10-14)21-12-13-6-8-15(9-7-13)17(19)20/h3-10,18H,2,11-12H2,1H3,(H,19,20). The van der Waals surface area contributed by atoms with E-state index in [0.717, 1.165) is 24.4 Å². The summed E-state index contributed by atoms with van der Waals surface area (Å²) in [4.78, 5) is 12.0. The van der Waals surface area contributed by atoms with Gasteiger partial charge in [-0.25, -0.2) is 4.79 Å². The van der Waals surface area contributed by atoms with E-state index in [0.29, 0.717) is 5.56 Å². The number of thioether (sulfide) groups is 1. The first-order valence-corrected chi connectivity index (χ1v) is 7.92. The van der Waals surface area contributed by atoms with E-state index in [9.17, 15) is 4.79 Å². The fourth-order valence-corrected chi connectivity index (χ4v) is 2.86. The van der Waals surface area contributed by atoms with Crippen LogP contribution in [0.15, 0.2) is 53.4 Å². The third-order valence-electron chi connectivity index (χ3n) is 3.08. The zero-order chi connectivity index (χ0) is 15.1. The number of aromatic carboxylic acids is 1. The van der Waals surface area contributed by atoms with E-state index in [-0.39, 0.29) is 0 Å². The fraction of sp³-hybridized carbons (Fsp3) is 0.235. The van der Waals surface area contributed by atoms with Gasteiger partial charge in [-0.15, -0.1) is 11.8 Å². The molecule has 0 saturated heterocycles. The minimum atomic E-state index is -0.884. The van der Waals surface area contributed by atoms with Gasteiger partial charge in [-0.1, -0.05) is 31.2 Å². The van der Waals surface area contributed by atoms with Crippen molar-refractivity contribution in [1.82, 2.24) is 5.32 Å². The molecular weight excluding hydrogens is 282 g/mol. The summed E-state index contributed by atoms with van der Waals surface area (Å²) in [5.41, 5.74) is 2.74. The molecule has 2 aromatic carbocycles. The Labute approximate surface area is 129 Å². The van der Waals surface area contributed by atoms with Crippen molar-refractivity contribution in [2.75, 3.05) is 6.54 Å². The van der Waals surface area contributed by atoms with Crippen molar-refractivity contribution in [1.29, 1.82) is 0 Å². The molecule has 0 fully saturated rings. The molecule has 21 heavy (non-hydrogen) atoms. The zero-order valence-electron chi connectivity index (χ0n) is 12.0. The van der Waals surface area contributed by atoms with Crippen molar-refractivity contribution in [2.24, 2.45) is 0 Å². The van der Waals surface area contributed by atoms with Crippen molar-refractivity contribution in [2.45, 2.75) is 24.1 Å². The van der Waals surface area contributed by atoms with Crippen molar-refractivity contribution < 1.29 is 9.90 Å². The molecule has 0 aromatic heterocycles. The average Bonchev–Trinajstić information content (AvgIpc) is 2.52. The molecule has 0 aliphatic carbocycles. The topological polar surface area (TPSA) is 49.3 Å². The van der Waals surface area contributed by atoms with Gasteiger partial charge in [-0.2, -0.15) is 0 Å². The first-order valence-electron chi connectivity index (χ1n) is 6.93. The van der Waals surface area contributed by atoms with E-state index in [2.05, 4.69) is 36.5 Å². The summed E-state index contributed by atoms with van der Waals surface area (Å²) in [6.07, 6.45) is 0. The van der Waals surface area contributed by atoms with E-state index in [1.54, 1.807) is 23.9 Å². The van der Waals surface area contributed by atoms with Crippen LogP contribution >= 0.6 is 11.8 Å². The van der Waals surface area contributed by atoms with Crippen molar-refractivity contribution in [3.63, 3.8) is 0 Å². The van der Waals surface area contributed by atoms with Gasteiger partial charge in [0.2, 0.25) is 0 Å². The maximum Gasteiger partial charge on any atom is 0.335 e. The van der Waals surface area contributed by atoms with Crippen LogP contribution in [0.1, 0.15) is 28.4 Å². The molecule has 2 N–H and O–H groups in total. The number of nitrogens with one attached hydrogen (secondary N) is 1. The second-order valence-corrected chi connectivity index (χ2v) is 5.77. The molecule has 0 aliphatic heterocycles. The third kappa shape index (κ3) is 4.92. The smallest absolute Gasteiger partial charge is 0.335 e. The van der Waals surface area contributed by atoms with Gasteiger partial charge < -0.3 is 10.4 Å². The van der Waals surface area contributed by atoms with Crippen LogP contribution in [0.2, 0.25) is 0 Å². The highest BCUT2D eigenvalue weighted by Crippen LogP contribution is 2.23. The monoisotopic (exact) mass is 301 g/mol. The highest BCUT2D eigenvalue weighted by molar-refractivity contribution is 7.98. The summed E-state index contributed by atoms with van der Waals surface area (Å²) in [5, 5.41) is 12.2. The molecule has 3 nitrogen and oxygen atoms in total. The summed E-state index contributed by atoms with van der Waals surface area (Å²) in [7, 11) is 0. The molecular formula is C17H19NO2S. The van der Waals surface area contributed by atoms with Gasteiger partial charge in [0, 0.05) is 17.2 Å². The fourth-order valence-electron chi connectivity index (χ4n) is 1.92. The Bertz CT molecular complexity index is 596. The number of rotatable bonds is 7. The summed E-state index contributed by atoms with van der Waals surface area (Å²) >= 11 is 1.76. The Kier molecular flexibility index (Phi) is 5.84. The number of benzene rings is 2. The molecule has 0 heterocycles. The number of hydrogen-bond donors (Lipinski definition) is 2. The Balaban J connectivity index is 1.94. The SMILES string of the molecule is CCNCc1cccc(SCc2ccc(C(=O)O)cc2)c1. The lowest BCUT2D eigenvalue weighted by Crippen LogP contribution is -2.11. The van der Waals surface area contributed by atoms with Crippen LogP contribution in [-0.2, 0) is 12.3 Å². The summed E-state index contributed by atoms with van der Waals surface area (Å²) in [6.45, 7) is 3.95. The van der Waals surface area contributed by atoms with Gasteiger partial charge in [0.05, 0.1) is 5.56 Å². The number of hydrogen-bond acceptors (Lipinski definition) is 3. The second-order valence-electron chi connectivity index (χ2n) is 4.72. The molecule has 2 aromatic rings. The van der Waals surface area contributed by atoms with Crippen molar-refractivity contribution >= 4 is 17.7 Å². The van der Waals surface area contributed by atoms with Gasteiger partial charge in [0.25, 0.3) is 0 Å². The number of carboxylic acid groups (broad SMARTS) is 1. The normalized spacial score (nSPS) is 10.5. The predicted molar refractivity (Wildman–Crippen MR) is 86.8 cm³/mol. The maximum atomic E-state index is 10.8. The Morgan fingerprint density at radius 2 is 1.90 bits per heavy atom. The van der Waals surface area contributed by atoms with Gasteiger partial charge in [-0.05, 0) is 41.9 Å². The van der Waals surface area contributed by atoms with Crippen LogP contribution in [-0.4, -0.2) is 17.6 Å². The van der Waals surface area contributed by atoms with E-state index < -0.39 is 5.97 Å². The van der Waals surface area contributed by atoms with Crippen LogP contribution in [0.5, 0.6) is 0 Å². The van der Waals surface area contributed by atoms with Crippen LogP contribution in [0.25, 0.3) is 0 Å². The molecule has 0 aliphatic rings. The number of carbonyl (C=O) groups is 1. The van der Waals surface area contributed by atoms with Crippen LogP contribution < -0.4 is 5.32 Å². The number of carboxylic acids is 1. The summed E-state index contributed by atoms with van der Waals surface area (Å²) < 4.78 is 0. The Hall–Kier alpha value is -1.78. The minimum Gasteiger partial charge on any atom is -0.478 e. The first kappa shape index (κ1) is 15.6. The van der Waals surface area contributed by atoms with E-state index in [4.69, 9.17) is 5.11 Å². The maximum absolute atomic E-state index is 10.8. The second kappa shape index (κ2) is 7.86. The largest absolute Gasteiger partial charge is 0.478 e. The molecule has 2 rings (SSSR count). The first-order chi connectivity index (χ1) is 10.2. The van der Waals surface area contributed by atoms with E-state index >= 15 is 0 Å². The van der Waals surface area contributed by atoms with Gasteiger partial charge >= 0.3 is 5.97 Å². The molecule has 0 radical (unpaired) electrons. The van der Waals surface area contributed by atoms with Gasteiger partial charge in [0.15, 0.2) is 0 Å². The van der Waals surface area contributed by atoms with Gasteiger partial charge in [-0.3, -0.25) is 0 Å². The molecule has 0 unspecified atom stereocenters. The highest BCUT2D eigenvalue weighted by atomic mass is 32.2. The van der Waals surface area contributed by atoms with E-state index in [1.807, 2.05) is 12.1 Å². The van der Waals surface area contributed by atoms with E-state index in [1.165, 1.54) is 10.5 Å². The molecule has 0 spiro atoms. The quantitative estimate of drug-likeness (QED) is 0.764. The molecule has 0 amide bonds. The van der Waals surface area contributed by atoms with Crippen molar-refractivity contribution in [3.8, 4) is 0 Å². The van der Waals surface area contributed by atoms with Crippen molar-refractivity contribution in [3.05, 3.63) is 65.2 Å². The Morgan fingerprint density at radius 3 is 2.57 bits per heavy atom. The highest BCUT2D eigenvalue weighted by Gasteiger charge is 2.02. The Morgan fingerprint density at radius 1 is 1.14 bits per heavy atom. The van der Waals surface area contributed by atoms with Crippen LogP contribution in [0.4, 0.5) is 0 Å². The summed E-state index contributed by atoms with van der Waals surface area (Å²) in [5.74, 6) is -0.0461. The predicted octanol–water partition coefficient (Wildman–Crippen LogP) is 3.79. The minimum absolute atomic E-state index is 0.330. The molecule has 4 heteroatoms. The molecule has 0 bridgehead atoms. The lowest BCUT2D eigenvalue weighted by atomic mass is 10.1. The molecule has 0 atom stereocenters. The average molecular weight is 301 g/mol.